The molecule has 108 valence electrons. The van der Waals surface area contributed by atoms with Crippen molar-refractivity contribution in [2.24, 2.45) is 0 Å². The van der Waals surface area contributed by atoms with E-state index in [0.29, 0.717) is 6.61 Å². The molecule has 0 saturated carbocycles. The molecule has 0 aliphatic rings. The van der Waals surface area contributed by atoms with Gasteiger partial charge in [0.05, 0.1) is 3.79 Å². The Balaban J connectivity index is 2.07. The first-order valence-corrected chi connectivity index (χ1v) is 8.39. The molecule has 2 rings (SSSR count). The van der Waals surface area contributed by atoms with Gasteiger partial charge in [-0.3, -0.25) is 0 Å². The molecule has 1 aromatic heterocycles. The topological polar surface area (TPSA) is 21.3 Å². The molecule has 1 aromatic carbocycles. The quantitative estimate of drug-likeness (QED) is 0.803. The van der Waals surface area contributed by atoms with Crippen LogP contribution in [0.2, 0.25) is 0 Å². The molecule has 0 atom stereocenters. The van der Waals surface area contributed by atoms with Crippen molar-refractivity contribution < 1.29 is 4.74 Å². The maximum atomic E-state index is 6.00. The summed E-state index contributed by atoms with van der Waals surface area (Å²) in [6, 6.07) is 8.56. The van der Waals surface area contributed by atoms with Crippen molar-refractivity contribution in [3.63, 3.8) is 0 Å². The Morgan fingerprint density at radius 2 is 1.90 bits per heavy atom. The van der Waals surface area contributed by atoms with Gasteiger partial charge >= 0.3 is 0 Å². The van der Waals surface area contributed by atoms with Gasteiger partial charge in [0.2, 0.25) is 0 Å². The lowest BCUT2D eigenvalue weighted by Crippen LogP contribution is -2.12. The number of aryl methyl sites for hydroxylation is 2. The predicted molar refractivity (Wildman–Crippen MR) is 89.6 cm³/mol. The Morgan fingerprint density at radius 3 is 2.45 bits per heavy atom. The lowest BCUT2D eigenvalue weighted by atomic mass is 10.1. The largest absolute Gasteiger partial charge is 0.488 e. The Labute approximate surface area is 133 Å². The van der Waals surface area contributed by atoms with Gasteiger partial charge in [-0.25, -0.2) is 0 Å². The maximum Gasteiger partial charge on any atom is 0.125 e. The minimum Gasteiger partial charge on any atom is -0.488 e. The summed E-state index contributed by atoms with van der Waals surface area (Å²) in [5.41, 5.74) is 3.72. The van der Waals surface area contributed by atoms with Crippen LogP contribution in [0.25, 0.3) is 0 Å². The normalized spacial score (nSPS) is 10.8. The van der Waals surface area contributed by atoms with Crippen molar-refractivity contribution in [2.45, 2.75) is 33.9 Å². The lowest BCUT2D eigenvalue weighted by molar-refractivity contribution is 0.305. The van der Waals surface area contributed by atoms with Crippen molar-refractivity contribution in [3.8, 4) is 5.75 Å². The average Bonchev–Trinajstić information content (AvgIpc) is 2.81. The molecular formula is C16H20BrNOS. The highest BCUT2D eigenvalue weighted by atomic mass is 79.9. The maximum absolute atomic E-state index is 6.00. The number of halogens is 1. The van der Waals surface area contributed by atoms with Gasteiger partial charge in [-0.05, 0) is 65.1 Å². The zero-order valence-corrected chi connectivity index (χ0v) is 14.5. The molecule has 0 saturated heterocycles. The van der Waals surface area contributed by atoms with Gasteiger partial charge in [-0.1, -0.05) is 19.1 Å². The predicted octanol–water partition coefficient (Wildman–Crippen LogP) is 4.82. The van der Waals surface area contributed by atoms with Gasteiger partial charge in [0, 0.05) is 11.4 Å². The van der Waals surface area contributed by atoms with Crippen molar-refractivity contribution in [1.29, 1.82) is 0 Å². The molecule has 0 radical (unpaired) electrons. The first-order chi connectivity index (χ1) is 9.60. The third-order valence-corrected chi connectivity index (χ3v) is 4.68. The van der Waals surface area contributed by atoms with E-state index in [0.717, 1.165) is 22.6 Å². The standard InChI is InChI=1S/C16H20BrNOS/c1-4-18-9-13-7-11(2)16(12(3)8-13)19-10-14-5-6-15(17)20-14/h5-8,18H,4,9-10H2,1-3H3. The summed E-state index contributed by atoms with van der Waals surface area (Å²) in [6.45, 7) is 8.88. The van der Waals surface area contributed by atoms with Crippen molar-refractivity contribution in [3.05, 3.63) is 49.6 Å². The van der Waals surface area contributed by atoms with Crippen LogP contribution in [0.1, 0.15) is 28.5 Å². The Kier molecular flexibility index (Phi) is 5.64. The molecule has 0 amide bonds. The molecule has 2 aromatic rings. The van der Waals surface area contributed by atoms with Gasteiger partial charge < -0.3 is 10.1 Å². The Hall–Kier alpha value is -0.840. The van der Waals surface area contributed by atoms with E-state index >= 15 is 0 Å². The van der Waals surface area contributed by atoms with Crippen LogP contribution in [0.5, 0.6) is 5.75 Å². The molecule has 0 spiro atoms. The van der Waals surface area contributed by atoms with Gasteiger partial charge in [-0.15, -0.1) is 11.3 Å². The zero-order chi connectivity index (χ0) is 14.5. The second-order valence-electron chi connectivity index (χ2n) is 4.83. The molecule has 0 bridgehead atoms. The fourth-order valence-electron chi connectivity index (χ4n) is 2.21. The molecule has 0 aliphatic carbocycles. The summed E-state index contributed by atoms with van der Waals surface area (Å²) >= 11 is 5.19. The summed E-state index contributed by atoms with van der Waals surface area (Å²) in [5, 5.41) is 3.35. The van der Waals surface area contributed by atoms with E-state index in [-0.39, 0.29) is 0 Å². The van der Waals surface area contributed by atoms with Crippen LogP contribution >= 0.6 is 27.3 Å². The second kappa shape index (κ2) is 7.25. The summed E-state index contributed by atoms with van der Waals surface area (Å²) < 4.78 is 7.14. The van der Waals surface area contributed by atoms with Gasteiger partial charge in [0.1, 0.15) is 12.4 Å². The number of thiophene rings is 1. The average molecular weight is 354 g/mol. The Morgan fingerprint density at radius 1 is 1.20 bits per heavy atom. The van der Waals surface area contributed by atoms with Crippen molar-refractivity contribution >= 4 is 27.3 Å². The number of benzene rings is 1. The highest BCUT2D eigenvalue weighted by Crippen LogP contribution is 2.28. The fourth-order valence-corrected chi connectivity index (χ4v) is 3.61. The summed E-state index contributed by atoms with van der Waals surface area (Å²) in [5.74, 6) is 1.01. The highest BCUT2D eigenvalue weighted by Gasteiger charge is 2.07. The summed E-state index contributed by atoms with van der Waals surface area (Å²) in [4.78, 5) is 1.23. The molecule has 20 heavy (non-hydrogen) atoms. The lowest BCUT2D eigenvalue weighted by Gasteiger charge is -2.14. The van der Waals surface area contributed by atoms with Crippen LogP contribution in [-0.2, 0) is 13.2 Å². The van der Waals surface area contributed by atoms with Crippen LogP contribution in [0.15, 0.2) is 28.1 Å². The molecule has 2 nitrogen and oxygen atoms in total. The number of hydrogen-bond donors (Lipinski definition) is 1. The number of ether oxygens (including phenoxy) is 1. The van der Waals surface area contributed by atoms with E-state index in [9.17, 15) is 0 Å². The van der Waals surface area contributed by atoms with Crippen molar-refractivity contribution in [1.82, 2.24) is 5.32 Å². The number of nitrogens with one attached hydrogen (secondary N) is 1. The van der Waals surface area contributed by atoms with E-state index in [1.165, 1.54) is 21.6 Å². The fraction of sp³-hybridized carbons (Fsp3) is 0.375. The first kappa shape index (κ1) is 15.5. The van der Waals surface area contributed by atoms with Crippen LogP contribution in [0, 0.1) is 13.8 Å². The monoisotopic (exact) mass is 353 g/mol. The Bertz CT molecular complexity index is 557. The van der Waals surface area contributed by atoms with Crippen molar-refractivity contribution in [2.75, 3.05) is 6.54 Å². The number of hydrogen-bond acceptors (Lipinski definition) is 3. The molecule has 1 heterocycles. The van der Waals surface area contributed by atoms with E-state index in [1.807, 2.05) is 0 Å². The van der Waals surface area contributed by atoms with Gasteiger partial charge in [0.25, 0.3) is 0 Å². The molecule has 4 heteroatoms. The van der Waals surface area contributed by atoms with Crippen LogP contribution < -0.4 is 10.1 Å². The van der Waals surface area contributed by atoms with E-state index in [2.05, 4.69) is 66.3 Å². The zero-order valence-electron chi connectivity index (χ0n) is 12.1. The summed E-state index contributed by atoms with van der Waals surface area (Å²) in [7, 11) is 0. The van der Waals surface area contributed by atoms with Crippen LogP contribution in [0.3, 0.4) is 0 Å². The highest BCUT2D eigenvalue weighted by molar-refractivity contribution is 9.11. The molecule has 0 aliphatic heterocycles. The first-order valence-electron chi connectivity index (χ1n) is 6.78. The van der Waals surface area contributed by atoms with E-state index in [1.54, 1.807) is 11.3 Å². The van der Waals surface area contributed by atoms with Gasteiger partial charge in [-0.2, -0.15) is 0 Å². The second-order valence-corrected chi connectivity index (χ2v) is 7.38. The minimum atomic E-state index is 0.629. The SMILES string of the molecule is CCNCc1cc(C)c(OCc2ccc(Br)s2)c(C)c1. The molecular weight excluding hydrogens is 334 g/mol. The molecule has 1 N–H and O–H groups in total. The van der Waals surface area contributed by atoms with Crippen LogP contribution in [0.4, 0.5) is 0 Å². The smallest absolute Gasteiger partial charge is 0.125 e. The summed E-state index contributed by atoms with van der Waals surface area (Å²) in [6.07, 6.45) is 0. The molecule has 0 fully saturated rings. The van der Waals surface area contributed by atoms with E-state index < -0.39 is 0 Å². The van der Waals surface area contributed by atoms with Crippen LogP contribution in [-0.4, -0.2) is 6.54 Å². The molecule has 0 unspecified atom stereocenters. The van der Waals surface area contributed by atoms with Gasteiger partial charge in [0.15, 0.2) is 0 Å². The third-order valence-electron chi connectivity index (χ3n) is 3.09. The number of rotatable bonds is 6. The minimum absolute atomic E-state index is 0.629. The van der Waals surface area contributed by atoms with E-state index in [4.69, 9.17) is 4.74 Å². The third kappa shape index (κ3) is 4.08.